The van der Waals surface area contributed by atoms with Gasteiger partial charge in [0, 0.05) is 0 Å². The van der Waals surface area contributed by atoms with Crippen molar-refractivity contribution >= 4 is 16.6 Å². The number of hydrogen-bond donors (Lipinski definition) is 0. The lowest BCUT2D eigenvalue weighted by Gasteiger charge is -2.36. The molecule has 0 saturated heterocycles. The minimum Gasteiger partial charge on any atom is -0.502 e. The maximum atomic E-state index is 6.01. The van der Waals surface area contributed by atoms with E-state index in [0.29, 0.717) is 0 Å². The standard InChI is InChI=1S/C19H15O.Al/c20-19(16-10-4-1-5-11-16,17-12-6-2-7-13-17)18-14-8-3-9-15-18;/h1-15H;/q-1;+1. The third-order valence-corrected chi connectivity index (χ3v) is 4.07. The number of rotatable bonds is 4. The van der Waals surface area contributed by atoms with Crippen LogP contribution in [0.4, 0.5) is 0 Å². The monoisotopic (exact) mass is 286 g/mol. The molecule has 0 N–H and O–H groups in total. The van der Waals surface area contributed by atoms with Crippen LogP contribution < -0.4 is 0 Å². The predicted molar refractivity (Wildman–Crippen MR) is 86.0 cm³/mol. The second-order valence-electron chi connectivity index (χ2n) is 4.90. The second-order valence-corrected chi connectivity index (χ2v) is 5.13. The van der Waals surface area contributed by atoms with E-state index in [-0.39, 0.29) is 0 Å². The van der Waals surface area contributed by atoms with Gasteiger partial charge in [0.15, 0.2) is 0 Å². The van der Waals surface area contributed by atoms with Crippen LogP contribution in [0.15, 0.2) is 91.0 Å². The minimum atomic E-state index is -0.617. The Bertz CT molecular complexity index is 584. The van der Waals surface area contributed by atoms with Gasteiger partial charge in [0.2, 0.25) is 0 Å². The average molecular weight is 286 g/mol. The van der Waals surface area contributed by atoms with Crippen LogP contribution in [0.25, 0.3) is 0 Å². The first-order valence-electron chi connectivity index (χ1n) is 6.92. The van der Waals surface area contributed by atoms with Crippen molar-refractivity contribution < 1.29 is 3.79 Å². The maximum Gasteiger partial charge on any atom is 0.371 e. The summed E-state index contributed by atoms with van der Waals surface area (Å²) in [5, 5.41) is 0. The Balaban J connectivity index is 2.29. The molecule has 3 rings (SSSR count). The highest BCUT2D eigenvalue weighted by Crippen LogP contribution is 2.39. The van der Waals surface area contributed by atoms with Gasteiger partial charge in [-0.1, -0.05) is 91.0 Å². The molecule has 0 fully saturated rings. The summed E-state index contributed by atoms with van der Waals surface area (Å²) in [7, 11) is 0. The van der Waals surface area contributed by atoms with E-state index in [1.165, 1.54) is 0 Å². The van der Waals surface area contributed by atoms with Crippen LogP contribution in [-0.4, -0.2) is 16.6 Å². The van der Waals surface area contributed by atoms with Crippen molar-refractivity contribution in [1.29, 1.82) is 0 Å². The molecule has 2 heteroatoms. The van der Waals surface area contributed by atoms with Gasteiger partial charge in [-0.05, 0) is 16.7 Å². The number of hydrogen-bond acceptors (Lipinski definition) is 1. The first-order valence-corrected chi connectivity index (χ1v) is 7.39. The van der Waals surface area contributed by atoms with Gasteiger partial charge in [0.1, 0.15) is 5.60 Å². The van der Waals surface area contributed by atoms with Crippen molar-refractivity contribution in [2.24, 2.45) is 0 Å². The minimum absolute atomic E-state index is 0.617. The lowest BCUT2D eigenvalue weighted by atomic mass is 9.80. The highest BCUT2D eigenvalue weighted by atomic mass is 27.1. The Hall–Kier alpha value is -1.85. The van der Waals surface area contributed by atoms with E-state index < -0.39 is 5.60 Å². The van der Waals surface area contributed by atoms with Crippen molar-refractivity contribution in [3.05, 3.63) is 108 Å². The maximum absolute atomic E-state index is 6.01. The Labute approximate surface area is 134 Å². The van der Waals surface area contributed by atoms with Crippen molar-refractivity contribution in [3.8, 4) is 0 Å². The third-order valence-electron chi connectivity index (χ3n) is 3.72. The molecular formula is C19H15AlO. The summed E-state index contributed by atoms with van der Waals surface area (Å²) < 4.78 is 6.01. The van der Waals surface area contributed by atoms with E-state index in [2.05, 4.69) is 53.0 Å². The normalized spacial score (nSPS) is 11.2. The highest BCUT2D eigenvalue weighted by molar-refractivity contribution is 5.99. The molecule has 3 aromatic carbocycles. The van der Waals surface area contributed by atoms with Crippen LogP contribution in [0.2, 0.25) is 0 Å². The van der Waals surface area contributed by atoms with Crippen molar-refractivity contribution in [2.75, 3.05) is 0 Å². The van der Waals surface area contributed by atoms with Crippen molar-refractivity contribution in [1.82, 2.24) is 0 Å². The van der Waals surface area contributed by atoms with Crippen LogP contribution in [0.5, 0.6) is 0 Å². The van der Waals surface area contributed by atoms with Gasteiger partial charge in [-0.2, -0.15) is 0 Å². The summed E-state index contributed by atoms with van der Waals surface area (Å²) in [4.78, 5) is 0. The van der Waals surface area contributed by atoms with Gasteiger partial charge in [-0.3, -0.25) is 0 Å². The molecule has 0 saturated carbocycles. The van der Waals surface area contributed by atoms with Gasteiger partial charge in [0.25, 0.3) is 0 Å². The quantitative estimate of drug-likeness (QED) is 0.519. The summed E-state index contributed by atoms with van der Waals surface area (Å²) in [5.74, 6) is 0. The molecule has 0 spiro atoms. The average Bonchev–Trinajstić information content (AvgIpc) is 2.59. The summed E-state index contributed by atoms with van der Waals surface area (Å²) in [5.41, 5.74) is 2.71. The lowest BCUT2D eigenvalue weighted by Crippen LogP contribution is -2.32. The molecule has 21 heavy (non-hydrogen) atoms. The summed E-state index contributed by atoms with van der Waals surface area (Å²) in [6.45, 7) is 0. The largest absolute Gasteiger partial charge is 0.502 e. The molecule has 100 valence electrons. The molecule has 0 bridgehead atoms. The Kier molecular flexibility index (Phi) is 4.22. The molecule has 1 nitrogen and oxygen atoms in total. The topological polar surface area (TPSA) is 9.23 Å². The van der Waals surface area contributed by atoms with Crippen LogP contribution in [-0.2, 0) is 9.39 Å². The second kappa shape index (κ2) is 6.28. The van der Waals surface area contributed by atoms with Gasteiger partial charge in [0.05, 0.1) is 0 Å². The Morgan fingerprint density at radius 2 is 0.810 bits per heavy atom. The fraction of sp³-hybridized carbons (Fsp3) is 0.0526. The first-order chi connectivity index (χ1) is 10.4. The molecular weight excluding hydrogens is 271 g/mol. The zero-order chi connectivity index (χ0) is 14.5. The van der Waals surface area contributed by atoms with E-state index in [0.717, 1.165) is 16.7 Å². The molecule has 0 aliphatic carbocycles. The fourth-order valence-corrected chi connectivity index (χ4v) is 3.13. The van der Waals surface area contributed by atoms with Crippen LogP contribution in [0, 0.1) is 0 Å². The smallest absolute Gasteiger partial charge is 0.371 e. The summed E-state index contributed by atoms with van der Waals surface area (Å²) >= 11 is 2.44. The molecule has 0 heterocycles. The molecule has 3 aromatic rings. The summed E-state index contributed by atoms with van der Waals surface area (Å²) in [6.07, 6.45) is 0. The van der Waals surface area contributed by atoms with Gasteiger partial charge in [-0.25, -0.2) is 0 Å². The SMILES string of the molecule is [Al][O]C(c1ccccc1)(c1ccccc1)c1ccccc1. The zero-order valence-corrected chi connectivity index (χ0v) is 12.8. The van der Waals surface area contributed by atoms with Gasteiger partial charge >= 0.3 is 16.6 Å². The molecule has 0 unspecified atom stereocenters. The molecule has 0 atom stereocenters. The number of benzene rings is 3. The van der Waals surface area contributed by atoms with E-state index in [4.69, 9.17) is 3.79 Å². The third kappa shape index (κ3) is 2.54. The Morgan fingerprint density at radius 3 is 1.05 bits per heavy atom. The molecule has 0 aromatic heterocycles. The van der Waals surface area contributed by atoms with Crippen LogP contribution in [0.3, 0.4) is 0 Å². The fourth-order valence-electron chi connectivity index (χ4n) is 2.72. The summed E-state index contributed by atoms with van der Waals surface area (Å²) in [6, 6.07) is 30.9. The van der Waals surface area contributed by atoms with Crippen LogP contribution >= 0.6 is 0 Å². The van der Waals surface area contributed by atoms with Crippen molar-refractivity contribution in [2.45, 2.75) is 5.60 Å². The van der Waals surface area contributed by atoms with Gasteiger partial charge in [-0.15, -0.1) is 0 Å². The molecule has 0 aliphatic rings. The molecule has 2 radical (unpaired) electrons. The lowest BCUT2D eigenvalue weighted by molar-refractivity contribution is 0.173. The zero-order valence-electron chi connectivity index (χ0n) is 11.6. The van der Waals surface area contributed by atoms with Crippen LogP contribution in [0.1, 0.15) is 16.7 Å². The van der Waals surface area contributed by atoms with E-state index >= 15 is 0 Å². The van der Waals surface area contributed by atoms with E-state index in [1.807, 2.05) is 54.6 Å². The molecule has 0 aliphatic heterocycles. The molecule has 0 amide bonds. The van der Waals surface area contributed by atoms with Crippen molar-refractivity contribution in [3.63, 3.8) is 0 Å². The first kappa shape index (κ1) is 14.1. The van der Waals surface area contributed by atoms with Gasteiger partial charge < -0.3 is 3.79 Å². The predicted octanol–water partition coefficient (Wildman–Crippen LogP) is 4.08. The van der Waals surface area contributed by atoms with E-state index in [1.54, 1.807) is 0 Å². The highest BCUT2D eigenvalue weighted by Gasteiger charge is 2.34. The Morgan fingerprint density at radius 1 is 0.524 bits per heavy atom. The van der Waals surface area contributed by atoms with E-state index in [9.17, 15) is 0 Å².